The molecule has 0 unspecified atom stereocenters. The van der Waals surface area contributed by atoms with E-state index in [9.17, 15) is 5.26 Å². The largest absolute Gasteiger partial charge is 0.370 e. The van der Waals surface area contributed by atoms with Gasteiger partial charge in [-0.2, -0.15) is 5.26 Å². The lowest BCUT2D eigenvalue weighted by atomic mass is 10.1. The summed E-state index contributed by atoms with van der Waals surface area (Å²) in [4.78, 5) is 2.35. The fourth-order valence-electron chi connectivity index (χ4n) is 2.57. The summed E-state index contributed by atoms with van der Waals surface area (Å²) in [6.45, 7) is 10.5. The Labute approximate surface area is 129 Å². The standard InChI is InChI=1S/C18H27N3/c1-4-21(13-15-5-6-15)18-8-7-16(9-17(18)10-19)12-20-11-14(2)3/h7-9,14-15,20H,4-6,11-13H2,1-3H3. The average molecular weight is 285 g/mol. The van der Waals surface area contributed by atoms with Gasteiger partial charge in [0, 0.05) is 19.6 Å². The van der Waals surface area contributed by atoms with Crippen LogP contribution in [0.2, 0.25) is 0 Å². The molecule has 0 aromatic heterocycles. The quantitative estimate of drug-likeness (QED) is 0.794. The van der Waals surface area contributed by atoms with Crippen molar-refractivity contribution in [3.63, 3.8) is 0 Å². The van der Waals surface area contributed by atoms with E-state index in [0.717, 1.165) is 43.3 Å². The van der Waals surface area contributed by atoms with Crippen molar-refractivity contribution in [2.24, 2.45) is 11.8 Å². The second-order valence-corrected chi connectivity index (χ2v) is 6.47. The van der Waals surface area contributed by atoms with Gasteiger partial charge in [0.2, 0.25) is 0 Å². The lowest BCUT2D eigenvalue weighted by molar-refractivity contribution is 0.552. The second kappa shape index (κ2) is 7.47. The highest BCUT2D eigenvalue weighted by atomic mass is 15.1. The van der Waals surface area contributed by atoms with Crippen LogP contribution >= 0.6 is 0 Å². The summed E-state index contributed by atoms with van der Waals surface area (Å²) in [7, 11) is 0. The van der Waals surface area contributed by atoms with E-state index in [2.05, 4.69) is 49.2 Å². The van der Waals surface area contributed by atoms with Gasteiger partial charge in [0.25, 0.3) is 0 Å². The van der Waals surface area contributed by atoms with Gasteiger partial charge in [-0.05, 0) is 55.8 Å². The first-order valence-corrected chi connectivity index (χ1v) is 8.12. The Bertz CT molecular complexity index is 498. The van der Waals surface area contributed by atoms with Crippen molar-refractivity contribution >= 4 is 5.69 Å². The number of hydrogen-bond donors (Lipinski definition) is 1. The Morgan fingerprint density at radius 1 is 1.38 bits per heavy atom. The molecule has 0 bridgehead atoms. The molecule has 114 valence electrons. The number of benzene rings is 1. The maximum absolute atomic E-state index is 9.45. The Morgan fingerprint density at radius 2 is 2.14 bits per heavy atom. The molecule has 1 N–H and O–H groups in total. The van der Waals surface area contributed by atoms with Gasteiger partial charge < -0.3 is 10.2 Å². The Balaban J connectivity index is 2.06. The Morgan fingerprint density at radius 3 is 2.71 bits per heavy atom. The third kappa shape index (κ3) is 4.75. The molecule has 0 saturated heterocycles. The van der Waals surface area contributed by atoms with Crippen molar-refractivity contribution in [2.75, 3.05) is 24.5 Å². The smallest absolute Gasteiger partial charge is 0.101 e. The lowest BCUT2D eigenvalue weighted by Crippen LogP contribution is -2.26. The van der Waals surface area contributed by atoms with Gasteiger partial charge >= 0.3 is 0 Å². The topological polar surface area (TPSA) is 39.1 Å². The molecule has 0 radical (unpaired) electrons. The van der Waals surface area contributed by atoms with Crippen LogP contribution in [0.25, 0.3) is 0 Å². The maximum Gasteiger partial charge on any atom is 0.101 e. The minimum absolute atomic E-state index is 0.647. The van der Waals surface area contributed by atoms with E-state index in [-0.39, 0.29) is 0 Å². The van der Waals surface area contributed by atoms with E-state index in [4.69, 9.17) is 0 Å². The molecule has 1 saturated carbocycles. The van der Waals surface area contributed by atoms with Crippen molar-refractivity contribution in [3.8, 4) is 6.07 Å². The van der Waals surface area contributed by atoms with E-state index in [1.807, 2.05) is 6.07 Å². The van der Waals surface area contributed by atoms with E-state index < -0.39 is 0 Å². The van der Waals surface area contributed by atoms with Gasteiger partial charge in [-0.1, -0.05) is 19.9 Å². The molecule has 1 aromatic rings. The minimum Gasteiger partial charge on any atom is -0.370 e. The second-order valence-electron chi connectivity index (χ2n) is 6.47. The normalized spacial score (nSPS) is 14.2. The van der Waals surface area contributed by atoms with Crippen LogP contribution in [-0.4, -0.2) is 19.6 Å². The van der Waals surface area contributed by atoms with Crippen molar-refractivity contribution in [1.82, 2.24) is 5.32 Å². The van der Waals surface area contributed by atoms with Crippen molar-refractivity contribution in [1.29, 1.82) is 5.26 Å². The van der Waals surface area contributed by atoms with E-state index in [1.165, 1.54) is 18.4 Å². The number of hydrogen-bond acceptors (Lipinski definition) is 3. The van der Waals surface area contributed by atoms with Crippen molar-refractivity contribution < 1.29 is 0 Å². The summed E-state index contributed by atoms with van der Waals surface area (Å²) in [6, 6.07) is 8.69. The van der Waals surface area contributed by atoms with Gasteiger partial charge in [-0.3, -0.25) is 0 Å². The molecule has 0 aliphatic heterocycles. The Kier molecular flexibility index (Phi) is 5.64. The van der Waals surface area contributed by atoms with Gasteiger partial charge in [0.15, 0.2) is 0 Å². The molecule has 3 heteroatoms. The first-order chi connectivity index (χ1) is 10.1. The average Bonchev–Trinajstić information content (AvgIpc) is 3.28. The first kappa shape index (κ1) is 15.9. The summed E-state index contributed by atoms with van der Waals surface area (Å²) in [5, 5.41) is 12.9. The summed E-state index contributed by atoms with van der Waals surface area (Å²) < 4.78 is 0. The third-order valence-corrected chi connectivity index (χ3v) is 3.96. The van der Waals surface area contributed by atoms with Crippen LogP contribution in [-0.2, 0) is 6.54 Å². The number of nitrogens with one attached hydrogen (secondary N) is 1. The molecule has 21 heavy (non-hydrogen) atoms. The molecule has 0 spiro atoms. The van der Waals surface area contributed by atoms with Gasteiger partial charge in [-0.25, -0.2) is 0 Å². The molecule has 1 aliphatic carbocycles. The van der Waals surface area contributed by atoms with E-state index in [1.54, 1.807) is 0 Å². The molecule has 0 amide bonds. The predicted octanol–water partition coefficient (Wildman–Crippen LogP) is 3.54. The highest BCUT2D eigenvalue weighted by Crippen LogP contribution is 2.32. The van der Waals surface area contributed by atoms with Crippen LogP contribution < -0.4 is 10.2 Å². The van der Waals surface area contributed by atoms with Gasteiger partial charge in [0.1, 0.15) is 6.07 Å². The zero-order valence-corrected chi connectivity index (χ0v) is 13.5. The van der Waals surface area contributed by atoms with Crippen LogP contribution in [0, 0.1) is 23.2 Å². The highest BCUT2D eigenvalue weighted by molar-refractivity contribution is 5.60. The molecule has 2 rings (SSSR count). The SMILES string of the molecule is CCN(CC1CC1)c1ccc(CNCC(C)C)cc1C#N. The molecule has 1 fully saturated rings. The van der Waals surface area contributed by atoms with Crippen molar-refractivity contribution in [3.05, 3.63) is 29.3 Å². The van der Waals surface area contributed by atoms with Crippen LogP contribution in [0.3, 0.4) is 0 Å². The van der Waals surface area contributed by atoms with Crippen LogP contribution in [0.1, 0.15) is 44.7 Å². The van der Waals surface area contributed by atoms with Crippen LogP contribution in [0.4, 0.5) is 5.69 Å². The number of anilines is 1. The minimum atomic E-state index is 0.647. The predicted molar refractivity (Wildman–Crippen MR) is 88.3 cm³/mol. The van der Waals surface area contributed by atoms with E-state index in [0.29, 0.717) is 5.92 Å². The number of nitrogens with zero attached hydrogens (tertiary/aromatic N) is 2. The summed E-state index contributed by atoms with van der Waals surface area (Å²) in [5.41, 5.74) is 3.10. The van der Waals surface area contributed by atoms with Gasteiger partial charge in [0.05, 0.1) is 11.3 Å². The Hall–Kier alpha value is -1.53. The molecule has 1 aliphatic rings. The van der Waals surface area contributed by atoms with Crippen molar-refractivity contribution in [2.45, 2.75) is 40.2 Å². The monoisotopic (exact) mass is 285 g/mol. The molecule has 0 heterocycles. The van der Waals surface area contributed by atoms with Crippen LogP contribution in [0.5, 0.6) is 0 Å². The lowest BCUT2D eigenvalue weighted by Gasteiger charge is -2.24. The number of nitriles is 1. The highest BCUT2D eigenvalue weighted by Gasteiger charge is 2.24. The number of rotatable bonds is 8. The van der Waals surface area contributed by atoms with E-state index >= 15 is 0 Å². The van der Waals surface area contributed by atoms with Crippen LogP contribution in [0.15, 0.2) is 18.2 Å². The molecule has 3 nitrogen and oxygen atoms in total. The third-order valence-electron chi connectivity index (χ3n) is 3.96. The summed E-state index contributed by atoms with van der Waals surface area (Å²) in [6.07, 6.45) is 2.69. The zero-order chi connectivity index (χ0) is 15.2. The molecule has 0 atom stereocenters. The fourth-order valence-corrected chi connectivity index (χ4v) is 2.57. The molecular formula is C18H27N3. The van der Waals surface area contributed by atoms with Gasteiger partial charge in [-0.15, -0.1) is 0 Å². The molecular weight excluding hydrogens is 258 g/mol. The fraction of sp³-hybridized carbons (Fsp3) is 0.611. The first-order valence-electron chi connectivity index (χ1n) is 8.12. The zero-order valence-electron chi connectivity index (χ0n) is 13.5. The summed E-state index contributed by atoms with van der Waals surface area (Å²) in [5.74, 6) is 1.48. The maximum atomic E-state index is 9.45. The molecule has 1 aromatic carbocycles. The summed E-state index contributed by atoms with van der Waals surface area (Å²) >= 11 is 0.